The highest BCUT2D eigenvalue weighted by Gasteiger charge is 2.11. The Balaban J connectivity index is 2.67. The molecule has 0 aromatic carbocycles. The number of fused-ring (bicyclic) bond motifs is 1. The molecule has 0 aliphatic heterocycles. The van der Waals surface area contributed by atoms with Gasteiger partial charge in [0.25, 0.3) is 5.91 Å². The number of H-pyrrole nitrogens is 1. The highest BCUT2D eigenvalue weighted by atomic mass is 79.9. The quantitative estimate of drug-likeness (QED) is 0.402. The average molecular weight is 255 g/mol. The third-order valence-electron chi connectivity index (χ3n) is 1.87. The zero-order valence-corrected chi connectivity index (χ0v) is 8.63. The maximum atomic E-state index is 11.3. The van der Waals surface area contributed by atoms with Crippen LogP contribution in [0.15, 0.2) is 22.9 Å². The van der Waals surface area contributed by atoms with Crippen LogP contribution in [0, 0.1) is 0 Å². The number of hydrogen-bond acceptors (Lipinski definition) is 3. The summed E-state index contributed by atoms with van der Waals surface area (Å²) in [5.74, 6) is 4.71. The van der Waals surface area contributed by atoms with Crippen molar-refractivity contribution in [3.8, 4) is 0 Å². The van der Waals surface area contributed by atoms with Crippen LogP contribution in [-0.4, -0.2) is 15.9 Å². The Kier molecular flexibility index (Phi) is 2.22. The van der Waals surface area contributed by atoms with E-state index in [0.717, 1.165) is 9.86 Å². The number of nitrogens with one attached hydrogen (secondary N) is 2. The van der Waals surface area contributed by atoms with Gasteiger partial charge in [0.05, 0.1) is 5.56 Å². The van der Waals surface area contributed by atoms with Gasteiger partial charge in [-0.2, -0.15) is 0 Å². The number of aromatic amines is 1. The van der Waals surface area contributed by atoms with Gasteiger partial charge in [-0.05, 0) is 22.0 Å². The molecule has 2 aromatic heterocycles. The minimum absolute atomic E-state index is 0.337. The number of nitrogens with zero attached hydrogens (tertiary/aromatic N) is 1. The summed E-state index contributed by atoms with van der Waals surface area (Å²) in [7, 11) is 0. The van der Waals surface area contributed by atoms with E-state index in [9.17, 15) is 4.79 Å². The van der Waals surface area contributed by atoms with E-state index in [1.54, 1.807) is 12.4 Å². The zero-order chi connectivity index (χ0) is 10.1. The molecule has 2 rings (SSSR count). The smallest absolute Gasteiger partial charge is 0.267 e. The van der Waals surface area contributed by atoms with E-state index in [4.69, 9.17) is 5.84 Å². The third kappa shape index (κ3) is 1.38. The molecule has 0 atom stereocenters. The molecule has 0 bridgehead atoms. The predicted octanol–water partition coefficient (Wildman–Crippen LogP) is 0.929. The number of rotatable bonds is 1. The molecule has 5 nitrogen and oxygen atoms in total. The summed E-state index contributed by atoms with van der Waals surface area (Å²) in [5, 5.41) is 0.738. The van der Waals surface area contributed by atoms with Crippen LogP contribution < -0.4 is 11.3 Å². The van der Waals surface area contributed by atoms with Gasteiger partial charge in [-0.15, -0.1) is 0 Å². The Hall–Kier alpha value is -1.40. The Morgan fingerprint density at radius 1 is 1.64 bits per heavy atom. The van der Waals surface area contributed by atoms with Gasteiger partial charge in [0.2, 0.25) is 0 Å². The lowest BCUT2D eigenvalue weighted by Gasteiger charge is -1.96. The third-order valence-corrected chi connectivity index (χ3v) is 2.31. The number of halogens is 1. The first kappa shape index (κ1) is 9.17. The van der Waals surface area contributed by atoms with E-state index in [2.05, 4.69) is 31.3 Å². The molecule has 0 spiro atoms. The van der Waals surface area contributed by atoms with Crippen molar-refractivity contribution in [2.45, 2.75) is 0 Å². The molecule has 72 valence electrons. The van der Waals surface area contributed by atoms with Gasteiger partial charge in [-0.3, -0.25) is 10.2 Å². The first-order valence-electron chi connectivity index (χ1n) is 3.86. The minimum atomic E-state index is -0.337. The second kappa shape index (κ2) is 3.39. The van der Waals surface area contributed by atoms with Crippen LogP contribution in [0.2, 0.25) is 0 Å². The molecular weight excluding hydrogens is 248 g/mol. The lowest BCUT2D eigenvalue weighted by molar-refractivity contribution is 0.0955. The first-order chi connectivity index (χ1) is 6.72. The first-order valence-corrected chi connectivity index (χ1v) is 4.65. The number of nitrogen functional groups attached to an aromatic ring is 1. The van der Waals surface area contributed by atoms with E-state index < -0.39 is 0 Å². The van der Waals surface area contributed by atoms with Gasteiger partial charge in [-0.1, -0.05) is 0 Å². The number of aromatic nitrogens is 2. The molecule has 0 aliphatic carbocycles. The van der Waals surface area contributed by atoms with Crippen molar-refractivity contribution in [1.29, 1.82) is 0 Å². The molecule has 0 fully saturated rings. The summed E-state index contributed by atoms with van der Waals surface area (Å²) in [6, 6.07) is 1.81. The molecule has 0 saturated heterocycles. The van der Waals surface area contributed by atoms with Gasteiger partial charge in [0.15, 0.2) is 0 Å². The fourth-order valence-corrected chi connectivity index (χ4v) is 1.57. The van der Waals surface area contributed by atoms with Crippen molar-refractivity contribution in [3.63, 3.8) is 0 Å². The Morgan fingerprint density at radius 2 is 2.43 bits per heavy atom. The number of hydrogen-bond donors (Lipinski definition) is 3. The van der Waals surface area contributed by atoms with Gasteiger partial charge in [0.1, 0.15) is 5.65 Å². The molecular formula is C8H7BrN4O. The van der Waals surface area contributed by atoms with Gasteiger partial charge >= 0.3 is 0 Å². The molecule has 4 N–H and O–H groups in total. The van der Waals surface area contributed by atoms with Crippen LogP contribution >= 0.6 is 15.9 Å². The Labute approximate surface area is 87.8 Å². The molecule has 2 heterocycles. The summed E-state index contributed by atoms with van der Waals surface area (Å²) in [6.07, 6.45) is 3.23. The van der Waals surface area contributed by atoms with Crippen molar-refractivity contribution in [2.75, 3.05) is 0 Å². The molecule has 0 unspecified atom stereocenters. The molecule has 14 heavy (non-hydrogen) atoms. The monoisotopic (exact) mass is 254 g/mol. The number of hydrazine groups is 1. The number of pyridine rings is 1. The molecule has 0 radical (unpaired) electrons. The van der Waals surface area contributed by atoms with E-state index in [1.165, 1.54) is 0 Å². The van der Waals surface area contributed by atoms with Crippen LogP contribution in [0.25, 0.3) is 11.0 Å². The molecule has 0 saturated carbocycles. The lowest BCUT2D eigenvalue weighted by atomic mass is 10.2. The van der Waals surface area contributed by atoms with Crippen molar-refractivity contribution >= 4 is 32.9 Å². The summed E-state index contributed by atoms with van der Waals surface area (Å²) < 4.78 is 0.815. The number of carbonyl (C=O) groups excluding carboxylic acids is 1. The second-order valence-electron chi connectivity index (χ2n) is 2.73. The zero-order valence-electron chi connectivity index (χ0n) is 7.04. The molecule has 6 heteroatoms. The maximum Gasteiger partial charge on any atom is 0.267 e. The largest absolute Gasteiger partial charge is 0.345 e. The van der Waals surface area contributed by atoms with Gasteiger partial charge in [0, 0.05) is 22.3 Å². The SMILES string of the molecule is NNC(=O)c1c[nH]c2ncc(Br)cc12. The van der Waals surface area contributed by atoms with Crippen molar-refractivity contribution < 1.29 is 4.79 Å². The average Bonchev–Trinajstić information content (AvgIpc) is 2.59. The summed E-state index contributed by atoms with van der Waals surface area (Å²) in [4.78, 5) is 18.3. The van der Waals surface area contributed by atoms with E-state index >= 15 is 0 Å². The number of amides is 1. The van der Waals surface area contributed by atoms with Gasteiger partial charge < -0.3 is 4.98 Å². The highest BCUT2D eigenvalue weighted by Crippen LogP contribution is 2.20. The standard InChI is InChI=1S/C8H7BrN4O/c9-4-1-5-6(8(14)13-10)3-12-7(5)11-2-4/h1-3H,10H2,(H,11,12)(H,13,14). The topological polar surface area (TPSA) is 83.8 Å². The van der Waals surface area contributed by atoms with Crippen LogP contribution in [0.5, 0.6) is 0 Å². The van der Waals surface area contributed by atoms with Gasteiger partial charge in [-0.25, -0.2) is 10.8 Å². The highest BCUT2D eigenvalue weighted by molar-refractivity contribution is 9.10. The van der Waals surface area contributed by atoms with Crippen molar-refractivity contribution in [3.05, 3.63) is 28.5 Å². The number of nitrogens with two attached hydrogens (primary N) is 1. The number of carbonyl (C=O) groups is 1. The van der Waals surface area contributed by atoms with E-state index in [1.807, 2.05) is 6.07 Å². The Morgan fingerprint density at radius 3 is 3.14 bits per heavy atom. The molecule has 1 amide bonds. The van der Waals surface area contributed by atoms with E-state index in [0.29, 0.717) is 11.2 Å². The van der Waals surface area contributed by atoms with E-state index in [-0.39, 0.29) is 5.91 Å². The lowest BCUT2D eigenvalue weighted by Crippen LogP contribution is -2.29. The summed E-state index contributed by atoms with van der Waals surface area (Å²) in [5.41, 5.74) is 3.22. The predicted molar refractivity (Wildman–Crippen MR) is 55.4 cm³/mol. The fraction of sp³-hybridized carbons (Fsp3) is 0. The van der Waals surface area contributed by atoms with Crippen LogP contribution in [0.4, 0.5) is 0 Å². The molecule has 0 aliphatic rings. The maximum absolute atomic E-state index is 11.3. The van der Waals surface area contributed by atoms with Crippen LogP contribution in [0.3, 0.4) is 0 Å². The van der Waals surface area contributed by atoms with Crippen molar-refractivity contribution in [2.24, 2.45) is 5.84 Å². The summed E-state index contributed by atoms with van der Waals surface area (Å²) >= 11 is 3.28. The van der Waals surface area contributed by atoms with Crippen molar-refractivity contribution in [1.82, 2.24) is 15.4 Å². The fourth-order valence-electron chi connectivity index (χ4n) is 1.24. The second-order valence-corrected chi connectivity index (χ2v) is 3.64. The normalized spacial score (nSPS) is 10.4. The minimum Gasteiger partial charge on any atom is -0.345 e. The molecule has 2 aromatic rings. The van der Waals surface area contributed by atoms with Crippen LogP contribution in [-0.2, 0) is 0 Å². The Bertz CT molecular complexity index is 493. The van der Waals surface area contributed by atoms with Crippen LogP contribution in [0.1, 0.15) is 10.4 Å². The summed E-state index contributed by atoms with van der Waals surface area (Å²) in [6.45, 7) is 0.